The molecule has 3 amide bonds. The number of hydrogen-bond acceptors (Lipinski definition) is 6. The Morgan fingerprint density at radius 1 is 1.37 bits per heavy atom. The first-order chi connectivity index (χ1) is 13.0. The summed E-state index contributed by atoms with van der Waals surface area (Å²) in [5, 5.41) is 3.35. The molecule has 0 unspecified atom stereocenters. The fraction of sp³-hybridized carbons (Fsp3) is 0.500. The van der Waals surface area contributed by atoms with Gasteiger partial charge in [0.1, 0.15) is 5.69 Å². The summed E-state index contributed by atoms with van der Waals surface area (Å²) in [5.41, 5.74) is 5.94. The number of morpholine rings is 1. The van der Waals surface area contributed by atoms with Crippen molar-refractivity contribution in [3.63, 3.8) is 0 Å². The van der Waals surface area contributed by atoms with Gasteiger partial charge in [0.2, 0.25) is 11.5 Å². The molecule has 2 aliphatic heterocycles. The Bertz CT molecular complexity index is 867. The number of nitrogens with zero attached hydrogens (tertiary/aromatic N) is 3. The second kappa shape index (κ2) is 7.16. The van der Waals surface area contributed by atoms with Crippen molar-refractivity contribution in [1.29, 1.82) is 0 Å². The third kappa shape index (κ3) is 3.35. The first-order valence-electron chi connectivity index (χ1n) is 9.11. The van der Waals surface area contributed by atoms with Gasteiger partial charge in [-0.1, -0.05) is 0 Å². The van der Waals surface area contributed by atoms with Gasteiger partial charge in [-0.25, -0.2) is 9.78 Å². The number of rotatable bonds is 3. The van der Waals surface area contributed by atoms with Crippen molar-refractivity contribution < 1.29 is 18.7 Å². The van der Waals surface area contributed by atoms with Crippen LogP contribution in [0.4, 0.5) is 10.5 Å². The number of fused-ring (bicyclic) bond motifs is 1. The molecule has 2 aromatic heterocycles. The summed E-state index contributed by atoms with van der Waals surface area (Å²) in [6.45, 7) is 5.76. The number of carbonyl (C=O) groups is 2. The standard InChI is InChI=1S/C18H23N5O4/c1-11-10-26-8-7-23(11)12-4-6-22(9-12)18(25)21-14-13-3-2-5-20-17(13)27-15(14)16(19)24/h2-3,5,11-12H,4,6-10H2,1H3,(H2,19,24)(H,21,25)/t11-,12+/m0/s1. The summed E-state index contributed by atoms with van der Waals surface area (Å²) in [6, 6.07) is 3.83. The van der Waals surface area contributed by atoms with Crippen LogP contribution in [0.5, 0.6) is 0 Å². The molecule has 0 spiro atoms. The Labute approximate surface area is 156 Å². The van der Waals surface area contributed by atoms with Crippen LogP contribution >= 0.6 is 0 Å². The number of ether oxygens (including phenoxy) is 1. The SMILES string of the molecule is C[C@H]1COCCN1[C@@H]1CCN(C(=O)Nc2c(C(N)=O)oc3ncccc23)C1. The summed E-state index contributed by atoms with van der Waals surface area (Å²) in [4.78, 5) is 32.7. The Morgan fingerprint density at radius 2 is 2.22 bits per heavy atom. The summed E-state index contributed by atoms with van der Waals surface area (Å²) in [5.74, 6) is -0.834. The second-order valence-electron chi connectivity index (χ2n) is 7.01. The minimum absolute atomic E-state index is 0.0883. The van der Waals surface area contributed by atoms with Crippen molar-refractivity contribution in [2.75, 3.05) is 38.2 Å². The Balaban J connectivity index is 1.49. The smallest absolute Gasteiger partial charge is 0.322 e. The zero-order chi connectivity index (χ0) is 19.0. The number of pyridine rings is 1. The molecule has 4 heterocycles. The monoisotopic (exact) mass is 373 g/mol. The van der Waals surface area contributed by atoms with Crippen LogP contribution in [0.25, 0.3) is 11.1 Å². The van der Waals surface area contributed by atoms with E-state index in [-0.39, 0.29) is 23.2 Å². The first-order valence-corrected chi connectivity index (χ1v) is 9.11. The van der Waals surface area contributed by atoms with E-state index in [9.17, 15) is 9.59 Å². The minimum Gasteiger partial charge on any atom is -0.430 e. The average Bonchev–Trinajstić information content (AvgIpc) is 3.28. The number of likely N-dealkylation sites (tertiary alicyclic amines) is 1. The Hall–Kier alpha value is -2.65. The summed E-state index contributed by atoms with van der Waals surface area (Å²) >= 11 is 0. The Morgan fingerprint density at radius 3 is 3.00 bits per heavy atom. The number of furan rings is 1. The number of nitrogens with two attached hydrogens (primary N) is 1. The third-order valence-corrected chi connectivity index (χ3v) is 5.26. The average molecular weight is 373 g/mol. The first kappa shape index (κ1) is 17.7. The van der Waals surface area contributed by atoms with E-state index in [0.717, 1.165) is 26.2 Å². The normalized spacial score (nSPS) is 23.7. The summed E-state index contributed by atoms with van der Waals surface area (Å²) in [7, 11) is 0. The van der Waals surface area contributed by atoms with Crippen molar-refractivity contribution in [2.45, 2.75) is 25.4 Å². The molecule has 0 bridgehead atoms. The van der Waals surface area contributed by atoms with E-state index in [2.05, 4.69) is 22.1 Å². The molecule has 3 N–H and O–H groups in total. The van der Waals surface area contributed by atoms with E-state index in [1.54, 1.807) is 23.2 Å². The van der Waals surface area contributed by atoms with Crippen LogP contribution in [0.1, 0.15) is 23.9 Å². The lowest BCUT2D eigenvalue weighted by atomic mass is 10.1. The zero-order valence-corrected chi connectivity index (χ0v) is 15.2. The summed E-state index contributed by atoms with van der Waals surface area (Å²) < 4.78 is 10.9. The van der Waals surface area contributed by atoms with E-state index in [1.807, 2.05) is 0 Å². The van der Waals surface area contributed by atoms with Crippen molar-refractivity contribution in [2.24, 2.45) is 5.73 Å². The van der Waals surface area contributed by atoms with Crippen molar-refractivity contribution in [3.8, 4) is 0 Å². The van der Waals surface area contributed by atoms with Gasteiger partial charge in [0, 0.05) is 37.9 Å². The van der Waals surface area contributed by atoms with Crippen molar-refractivity contribution >= 4 is 28.7 Å². The highest BCUT2D eigenvalue weighted by Crippen LogP contribution is 2.30. The maximum atomic E-state index is 12.8. The van der Waals surface area contributed by atoms with Crippen LogP contribution in [-0.4, -0.2) is 71.7 Å². The molecule has 2 fully saturated rings. The molecule has 144 valence electrons. The molecule has 0 radical (unpaired) electrons. The molecule has 9 nitrogen and oxygen atoms in total. The molecule has 0 saturated carbocycles. The van der Waals surface area contributed by atoms with Crippen molar-refractivity contribution in [1.82, 2.24) is 14.8 Å². The largest absolute Gasteiger partial charge is 0.430 e. The highest BCUT2D eigenvalue weighted by atomic mass is 16.5. The van der Waals surface area contributed by atoms with Crippen LogP contribution in [-0.2, 0) is 4.74 Å². The number of carbonyl (C=O) groups excluding carboxylic acids is 2. The minimum atomic E-state index is -0.746. The van der Waals surface area contributed by atoms with E-state index in [1.165, 1.54) is 0 Å². The van der Waals surface area contributed by atoms with E-state index < -0.39 is 5.91 Å². The van der Waals surface area contributed by atoms with E-state index >= 15 is 0 Å². The van der Waals surface area contributed by atoms with Gasteiger partial charge in [-0.3, -0.25) is 9.69 Å². The number of amides is 3. The fourth-order valence-corrected chi connectivity index (χ4v) is 3.90. The van der Waals surface area contributed by atoms with Gasteiger partial charge in [-0.2, -0.15) is 0 Å². The van der Waals surface area contributed by atoms with Gasteiger partial charge in [0.25, 0.3) is 5.91 Å². The lowest BCUT2D eigenvalue weighted by Gasteiger charge is -2.37. The van der Waals surface area contributed by atoms with Crippen LogP contribution in [0, 0.1) is 0 Å². The number of hydrogen-bond donors (Lipinski definition) is 2. The van der Waals surface area contributed by atoms with E-state index in [0.29, 0.717) is 30.6 Å². The number of anilines is 1. The molecule has 2 saturated heterocycles. The molecule has 2 aliphatic rings. The molecule has 27 heavy (non-hydrogen) atoms. The van der Waals surface area contributed by atoms with Crippen molar-refractivity contribution in [3.05, 3.63) is 24.1 Å². The molecular weight excluding hydrogens is 350 g/mol. The highest BCUT2D eigenvalue weighted by Gasteiger charge is 2.34. The molecule has 2 atom stereocenters. The van der Waals surface area contributed by atoms with Gasteiger partial charge in [-0.15, -0.1) is 0 Å². The summed E-state index contributed by atoms with van der Waals surface area (Å²) in [6.07, 6.45) is 2.46. The third-order valence-electron chi connectivity index (χ3n) is 5.26. The van der Waals surface area contributed by atoms with Gasteiger partial charge < -0.3 is 25.1 Å². The van der Waals surface area contributed by atoms with Gasteiger partial charge in [0.05, 0.1) is 18.6 Å². The topological polar surface area (TPSA) is 114 Å². The molecular formula is C18H23N5O4. The highest BCUT2D eigenvalue weighted by molar-refractivity contribution is 6.09. The van der Waals surface area contributed by atoms with Crippen LogP contribution < -0.4 is 11.1 Å². The predicted octanol–water partition coefficient (Wildman–Crippen LogP) is 1.25. The lowest BCUT2D eigenvalue weighted by Crippen LogP contribution is -2.50. The fourth-order valence-electron chi connectivity index (χ4n) is 3.90. The molecule has 0 aromatic carbocycles. The quantitative estimate of drug-likeness (QED) is 0.837. The molecule has 0 aliphatic carbocycles. The lowest BCUT2D eigenvalue weighted by molar-refractivity contribution is -0.0192. The number of primary amides is 1. The van der Waals surface area contributed by atoms with Gasteiger partial charge in [0.15, 0.2) is 0 Å². The maximum Gasteiger partial charge on any atom is 0.322 e. The molecule has 4 rings (SSSR count). The number of nitrogens with one attached hydrogen (secondary N) is 1. The van der Waals surface area contributed by atoms with Crippen LogP contribution in [0.15, 0.2) is 22.7 Å². The van der Waals surface area contributed by atoms with Gasteiger partial charge >= 0.3 is 6.03 Å². The van der Waals surface area contributed by atoms with E-state index in [4.69, 9.17) is 14.9 Å². The van der Waals surface area contributed by atoms with Crippen LogP contribution in [0.3, 0.4) is 0 Å². The predicted molar refractivity (Wildman–Crippen MR) is 98.5 cm³/mol. The molecule has 9 heteroatoms. The number of aromatic nitrogens is 1. The van der Waals surface area contributed by atoms with Gasteiger partial charge in [-0.05, 0) is 25.5 Å². The number of urea groups is 1. The molecule has 2 aromatic rings. The Kier molecular flexibility index (Phi) is 4.71. The zero-order valence-electron chi connectivity index (χ0n) is 15.2. The van der Waals surface area contributed by atoms with Crippen LogP contribution in [0.2, 0.25) is 0 Å². The maximum absolute atomic E-state index is 12.8. The second-order valence-corrected chi connectivity index (χ2v) is 7.01.